The Hall–Kier alpha value is 0.620. The Bertz CT molecular complexity index is 186. The van der Waals surface area contributed by atoms with Crippen molar-refractivity contribution >= 4 is 27.7 Å². The first-order valence-electron chi connectivity index (χ1n) is 7.27. The van der Waals surface area contributed by atoms with Crippen molar-refractivity contribution in [3.05, 3.63) is 0 Å². The van der Waals surface area contributed by atoms with E-state index >= 15 is 0 Å². The molecule has 19 heavy (non-hydrogen) atoms. The third-order valence-electron chi connectivity index (χ3n) is 2.92. The van der Waals surface area contributed by atoms with Crippen LogP contribution in [0.15, 0.2) is 0 Å². The highest BCUT2D eigenvalue weighted by Gasteiger charge is 2.25. The van der Waals surface area contributed by atoms with Gasteiger partial charge in [0.15, 0.2) is 0 Å². The van der Waals surface area contributed by atoms with Crippen molar-refractivity contribution in [3.63, 3.8) is 0 Å². The molecule has 0 heterocycles. The van der Waals surface area contributed by atoms with E-state index in [1.165, 1.54) is 44.9 Å². The van der Waals surface area contributed by atoms with Gasteiger partial charge in [0.05, 0.1) is 0 Å². The van der Waals surface area contributed by atoms with E-state index in [0.29, 0.717) is 6.42 Å². The van der Waals surface area contributed by atoms with Crippen LogP contribution in [0, 0.1) is 0 Å². The molecule has 0 amide bonds. The van der Waals surface area contributed by atoms with Crippen LogP contribution in [0.25, 0.3) is 0 Å². The quantitative estimate of drug-likeness (QED) is 0.263. The molecule has 0 saturated carbocycles. The van der Waals surface area contributed by atoms with Gasteiger partial charge in [-0.1, -0.05) is 48.0 Å². The van der Waals surface area contributed by atoms with Crippen LogP contribution in [-0.4, -0.2) is 23.0 Å². The number of hydrogen-bond donors (Lipinski definition) is 0. The molecule has 0 aromatic heterocycles. The largest absolute Gasteiger partial charge is 0.389 e. The first-order chi connectivity index (χ1) is 9.06. The lowest BCUT2D eigenvalue weighted by Crippen LogP contribution is -2.06. The Morgan fingerprint density at radius 1 is 0.684 bits per heavy atom. The summed E-state index contributed by atoms with van der Waals surface area (Å²) < 4.78 is 35.6. The molecule has 0 unspecified atom stereocenters. The molecule has 0 aliphatic heterocycles. The van der Waals surface area contributed by atoms with Crippen molar-refractivity contribution in [1.82, 2.24) is 0 Å². The van der Waals surface area contributed by atoms with Gasteiger partial charge in [-0.3, -0.25) is 0 Å². The fourth-order valence-corrected chi connectivity index (χ4v) is 3.23. The molecule has 0 atom stereocenters. The third-order valence-corrected chi connectivity index (χ3v) is 4.64. The van der Waals surface area contributed by atoms with E-state index in [0.717, 1.165) is 16.8 Å². The van der Waals surface area contributed by atoms with Crippen LogP contribution in [-0.2, 0) is 0 Å². The van der Waals surface area contributed by atoms with Gasteiger partial charge in [-0.2, -0.15) is 24.9 Å². The van der Waals surface area contributed by atoms with Crippen molar-refractivity contribution in [1.29, 1.82) is 0 Å². The summed E-state index contributed by atoms with van der Waals surface area (Å²) in [6, 6.07) is 0. The Morgan fingerprint density at radius 3 is 1.68 bits per heavy atom. The zero-order chi connectivity index (χ0) is 14.4. The second-order valence-electron chi connectivity index (χ2n) is 4.85. The molecule has 0 saturated heterocycles. The first kappa shape index (κ1) is 19.6. The summed E-state index contributed by atoms with van der Waals surface area (Å²) in [5.41, 5.74) is 0. The van der Waals surface area contributed by atoms with Gasteiger partial charge in [0.25, 0.3) is 0 Å². The molecule has 0 N–H and O–H groups in total. The second-order valence-corrected chi connectivity index (χ2v) is 6.87. The summed E-state index contributed by atoms with van der Waals surface area (Å²) in [5.74, 6) is 1.98. The van der Waals surface area contributed by atoms with E-state index in [-0.39, 0.29) is 6.42 Å². The fourth-order valence-electron chi connectivity index (χ4n) is 1.81. The average molecular weight is 363 g/mol. The number of unbranched alkanes of at least 4 members (excludes halogenated alkanes) is 7. The van der Waals surface area contributed by atoms with Crippen molar-refractivity contribution in [2.75, 3.05) is 16.8 Å². The summed E-state index contributed by atoms with van der Waals surface area (Å²) in [4.78, 5) is 0. The number of rotatable bonds is 13. The predicted octanol–water partition coefficient (Wildman–Crippen LogP) is 6.58. The monoisotopic (exact) mass is 362 g/mol. The summed E-state index contributed by atoms with van der Waals surface area (Å²) in [7, 11) is 0. The Kier molecular flexibility index (Phi) is 14.0. The van der Waals surface area contributed by atoms with Crippen LogP contribution >= 0.6 is 27.7 Å². The lowest BCUT2D eigenvalue weighted by molar-refractivity contribution is -0.135. The van der Waals surface area contributed by atoms with E-state index < -0.39 is 12.6 Å². The predicted molar refractivity (Wildman–Crippen MR) is 83.3 cm³/mol. The number of halogens is 4. The molecule has 0 aliphatic carbocycles. The summed E-state index contributed by atoms with van der Waals surface area (Å²) in [6.07, 6.45) is 5.40. The summed E-state index contributed by atoms with van der Waals surface area (Å²) in [5, 5.41) is 1.11. The molecule has 116 valence electrons. The zero-order valence-corrected chi connectivity index (χ0v) is 14.0. The van der Waals surface area contributed by atoms with E-state index in [1.807, 2.05) is 0 Å². The minimum Gasteiger partial charge on any atom is -0.171 e. The van der Waals surface area contributed by atoms with Crippen LogP contribution < -0.4 is 0 Å². The second kappa shape index (κ2) is 13.6. The van der Waals surface area contributed by atoms with Gasteiger partial charge in [0, 0.05) is 11.8 Å². The van der Waals surface area contributed by atoms with Crippen LogP contribution in [0.5, 0.6) is 0 Å². The molecule has 0 bridgehead atoms. The maximum Gasteiger partial charge on any atom is 0.389 e. The zero-order valence-electron chi connectivity index (χ0n) is 11.6. The molecule has 0 aromatic rings. The smallest absolute Gasteiger partial charge is 0.171 e. The Balaban J connectivity index is 2.99. The van der Waals surface area contributed by atoms with Crippen LogP contribution in [0.2, 0.25) is 0 Å². The lowest BCUT2D eigenvalue weighted by Gasteiger charge is -2.05. The molecule has 0 rings (SSSR count). The summed E-state index contributed by atoms with van der Waals surface area (Å²) >= 11 is 5.23. The van der Waals surface area contributed by atoms with Crippen molar-refractivity contribution in [3.8, 4) is 0 Å². The lowest BCUT2D eigenvalue weighted by atomic mass is 10.1. The molecule has 0 aliphatic rings. The van der Waals surface area contributed by atoms with E-state index in [2.05, 4.69) is 15.9 Å². The molecule has 0 radical (unpaired) electrons. The Morgan fingerprint density at radius 2 is 1.16 bits per heavy atom. The molecular weight excluding hydrogens is 337 g/mol. The molecule has 0 aromatic carbocycles. The van der Waals surface area contributed by atoms with Gasteiger partial charge in [0.1, 0.15) is 0 Å². The van der Waals surface area contributed by atoms with E-state index in [4.69, 9.17) is 0 Å². The average Bonchev–Trinajstić information content (AvgIpc) is 2.34. The maximum atomic E-state index is 11.9. The first-order valence-corrected chi connectivity index (χ1v) is 9.54. The van der Waals surface area contributed by atoms with Gasteiger partial charge >= 0.3 is 6.18 Å². The standard InChI is InChI=1S/C14H26BrF3S/c15-11-7-4-2-1-3-5-8-12-19-13-9-6-10-14(16,17)18/h1-13H2. The SMILES string of the molecule is FC(F)(F)CCCCSCCCCCCCCCBr. The number of alkyl halides is 4. The fraction of sp³-hybridized carbons (Fsp3) is 1.00. The highest BCUT2D eigenvalue weighted by molar-refractivity contribution is 9.09. The van der Waals surface area contributed by atoms with Crippen LogP contribution in [0.4, 0.5) is 13.2 Å². The van der Waals surface area contributed by atoms with Crippen LogP contribution in [0.3, 0.4) is 0 Å². The molecule has 5 heteroatoms. The molecule has 0 spiro atoms. The minimum absolute atomic E-state index is 0.282. The molecule has 0 fully saturated rings. The van der Waals surface area contributed by atoms with E-state index in [1.54, 1.807) is 11.8 Å². The normalized spacial score (nSPS) is 12.0. The highest BCUT2D eigenvalue weighted by atomic mass is 79.9. The van der Waals surface area contributed by atoms with Gasteiger partial charge < -0.3 is 0 Å². The van der Waals surface area contributed by atoms with Crippen molar-refractivity contribution in [2.24, 2.45) is 0 Å². The minimum atomic E-state index is -3.97. The van der Waals surface area contributed by atoms with Crippen LogP contribution in [0.1, 0.15) is 64.2 Å². The van der Waals surface area contributed by atoms with Crippen molar-refractivity contribution in [2.45, 2.75) is 70.4 Å². The number of hydrogen-bond acceptors (Lipinski definition) is 1. The van der Waals surface area contributed by atoms with Gasteiger partial charge in [-0.15, -0.1) is 0 Å². The van der Waals surface area contributed by atoms with Gasteiger partial charge in [0.2, 0.25) is 0 Å². The third kappa shape index (κ3) is 18.6. The molecule has 0 nitrogen and oxygen atoms in total. The molecular formula is C14H26BrF3S. The topological polar surface area (TPSA) is 0 Å². The van der Waals surface area contributed by atoms with Crippen molar-refractivity contribution < 1.29 is 13.2 Å². The maximum absolute atomic E-state index is 11.9. The Labute approximate surface area is 128 Å². The van der Waals surface area contributed by atoms with Gasteiger partial charge in [-0.25, -0.2) is 0 Å². The van der Waals surface area contributed by atoms with Gasteiger partial charge in [-0.05, 0) is 37.2 Å². The van der Waals surface area contributed by atoms with E-state index in [9.17, 15) is 13.2 Å². The number of thioether (sulfide) groups is 1. The highest BCUT2D eigenvalue weighted by Crippen LogP contribution is 2.23. The summed E-state index contributed by atoms with van der Waals surface area (Å²) in [6.45, 7) is 0.